The number of carbonyl (C=O) groups excluding carboxylic acids is 1. The molecule has 5 nitrogen and oxygen atoms in total. The van der Waals surface area contributed by atoms with Crippen LogP contribution in [0.3, 0.4) is 0 Å². The van der Waals surface area contributed by atoms with E-state index in [1.165, 1.54) is 0 Å². The van der Waals surface area contributed by atoms with Crippen LogP contribution in [0.2, 0.25) is 0 Å². The average molecular weight is 413 g/mol. The van der Waals surface area contributed by atoms with Crippen molar-refractivity contribution in [2.45, 2.75) is 6.92 Å². The molecule has 6 heteroatoms. The highest BCUT2D eigenvalue weighted by Crippen LogP contribution is 2.34. The van der Waals surface area contributed by atoms with Crippen molar-refractivity contribution in [2.75, 3.05) is 29.9 Å². The number of aryl methyl sites for hydroxylation is 1. The molecule has 0 saturated heterocycles. The smallest absolute Gasteiger partial charge is 0.277 e. The molecule has 3 aromatic rings. The van der Waals surface area contributed by atoms with E-state index in [0.717, 1.165) is 33.3 Å². The highest BCUT2D eigenvalue weighted by Gasteiger charge is 2.30. The molecule has 134 valence electrons. The van der Waals surface area contributed by atoms with E-state index in [-0.39, 0.29) is 5.91 Å². The second-order valence-electron chi connectivity index (χ2n) is 7.02. The Bertz CT molecular complexity index is 997. The number of amides is 1. The summed E-state index contributed by atoms with van der Waals surface area (Å²) in [5, 5.41) is 5.41. The van der Waals surface area contributed by atoms with Crippen molar-refractivity contribution in [3.8, 4) is 0 Å². The summed E-state index contributed by atoms with van der Waals surface area (Å²) in [7, 11) is 3.92. The van der Waals surface area contributed by atoms with Gasteiger partial charge in [-0.05, 0) is 36.2 Å². The lowest BCUT2D eigenvalue weighted by Crippen LogP contribution is -2.36. The molecule has 0 N–H and O–H groups in total. The predicted molar refractivity (Wildman–Crippen MR) is 109 cm³/mol. The number of hydrogen-bond donors (Lipinski definition) is 0. The van der Waals surface area contributed by atoms with Crippen LogP contribution in [0, 0.1) is 5.92 Å². The Kier molecular flexibility index (Phi) is 4.23. The summed E-state index contributed by atoms with van der Waals surface area (Å²) in [5.74, 6) is 0.358. The van der Waals surface area contributed by atoms with Crippen LogP contribution in [0.5, 0.6) is 0 Å². The third-order valence-corrected chi connectivity index (χ3v) is 5.40. The Hall–Kier alpha value is -2.34. The summed E-state index contributed by atoms with van der Waals surface area (Å²) >= 11 is 3.48. The van der Waals surface area contributed by atoms with Gasteiger partial charge in [0.25, 0.3) is 5.91 Å². The van der Waals surface area contributed by atoms with E-state index in [2.05, 4.69) is 46.0 Å². The average Bonchev–Trinajstić information content (AvgIpc) is 2.86. The minimum absolute atomic E-state index is 0.00748. The normalized spacial score (nSPS) is 17.3. The third kappa shape index (κ3) is 2.78. The minimum Gasteiger partial charge on any atom is -0.373 e. The van der Waals surface area contributed by atoms with Crippen molar-refractivity contribution >= 4 is 44.1 Å². The number of para-hydroxylation sites is 2. The quantitative estimate of drug-likeness (QED) is 0.604. The fourth-order valence-corrected chi connectivity index (χ4v) is 4.15. The fourth-order valence-electron chi connectivity index (χ4n) is 3.80. The number of hydrogen-bond acceptors (Lipinski definition) is 3. The van der Waals surface area contributed by atoms with Crippen molar-refractivity contribution in [3.63, 3.8) is 0 Å². The molecular formula is C20H21BrN4O. The zero-order chi connectivity index (χ0) is 18.4. The second kappa shape index (κ2) is 6.43. The summed E-state index contributed by atoms with van der Waals surface area (Å²) in [6.45, 7) is 3.78. The number of carbonyl (C=O) groups is 1. The van der Waals surface area contributed by atoms with Crippen LogP contribution in [0.4, 0.5) is 11.4 Å². The van der Waals surface area contributed by atoms with Crippen molar-refractivity contribution < 1.29 is 4.79 Å². The maximum atomic E-state index is 13.6. The largest absolute Gasteiger partial charge is 0.373 e. The third-order valence-electron chi connectivity index (χ3n) is 4.91. The van der Waals surface area contributed by atoms with E-state index < -0.39 is 0 Å². The second-order valence-corrected chi connectivity index (χ2v) is 7.94. The summed E-state index contributed by atoms with van der Waals surface area (Å²) in [5.41, 5.74) is 3.48. The Morgan fingerprint density at radius 1 is 1.12 bits per heavy atom. The molecule has 1 unspecified atom stereocenters. The van der Waals surface area contributed by atoms with Crippen LogP contribution in [0.25, 0.3) is 10.9 Å². The number of rotatable bonds is 1. The summed E-state index contributed by atoms with van der Waals surface area (Å²) in [6, 6.07) is 14.0. The predicted octanol–water partition coefficient (Wildman–Crippen LogP) is 4.07. The molecule has 4 rings (SSSR count). The first-order valence-corrected chi connectivity index (χ1v) is 9.49. The zero-order valence-electron chi connectivity index (χ0n) is 15.1. The Balaban J connectivity index is 1.86. The van der Waals surface area contributed by atoms with Gasteiger partial charge in [0.1, 0.15) is 5.69 Å². The van der Waals surface area contributed by atoms with Crippen LogP contribution < -0.4 is 9.80 Å². The lowest BCUT2D eigenvalue weighted by molar-refractivity contribution is 0.0977. The molecule has 2 aromatic carbocycles. The fraction of sp³-hybridized carbons (Fsp3) is 0.300. The molecular weight excluding hydrogens is 392 g/mol. The first kappa shape index (κ1) is 17.1. The molecule has 0 aliphatic carbocycles. The molecule has 0 saturated carbocycles. The van der Waals surface area contributed by atoms with E-state index in [0.29, 0.717) is 18.2 Å². The molecule has 1 aromatic heterocycles. The van der Waals surface area contributed by atoms with Gasteiger partial charge in [0, 0.05) is 37.0 Å². The minimum atomic E-state index is -0.00748. The highest BCUT2D eigenvalue weighted by atomic mass is 79.9. The van der Waals surface area contributed by atoms with E-state index in [4.69, 9.17) is 0 Å². The number of nitrogens with zero attached hydrogens (tertiary/aromatic N) is 4. The number of halogens is 1. The zero-order valence-corrected chi connectivity index (χ0v) is 16.7. The molecule has 0 bridgehead atoms. The number of benzene rings is 2. The molecule has 0 fully saturated rings. The van der Waals surface area contributed by atoms with Gasteiger partial charge in [-0.3, -0.25) is 9.48 Å². The van der Waals surface area contributed by atoms with Gasteiger partial charge in [-0.1, -0.05) is 35.0 Å². The molecule has 2 heterocycles. The van der Waals surface area contributed by atoms with Gasteiger partial charge < -0.3 is 9.80 Å². The van der Waals surface area contributed by atoms with Gasteiger partial charge in [-0.25, -0.2) is 0 Å². The summed E-state index contributed by atoms with van der Waals surface area (Å²) in [4.78, 5) is 17.7. The molecule has 26 heavy (non-hydrogen) atoms. The van der Waals surface area contributed by atoms with Crippen molar-refractivity contribution in [1.29, 1.82) is 0 Å². The topological polar surface area (TPSA) is 41.4 Å². The molecule has 1 atom stereocenters. The Morgan fingerprint density at radius 3 is 2.62 bits per heavy atom. The van der Waals surface area contributed by atoms with Gasteiger partial charge in [0.2, 0.25) is 0 Å². The highest BCUT2D eigenvalue weighted by molar-refractivity contribution is 9.10. The van der Waals surface area contributed by atoms with Crippen LogP contribution in [-0.4, -0.2) is 35.8 Å². The molecule has 1 aliphatic heterocycles. The van der Waals surface area contributed by atoms with Crippen LogP contribution in [-0.2, 0) is 7.05 Å². The summed E-state index contributed by atoms with van der Waals surface area (Å²) in [6.07, 6.45) is 0. The molecule has 1 amide bonds. The lowest BCUT2D eigenvalue weighted by atomic mass is 10.1. The Labute approximate surface area is 161 Å². The monoisotopic (exact) mass is 412 g/mol. The van der Waals surface area contributed by atoms with Crippen molar-refractivity contribution in [3.05, 3.63) is 52.6 Å². The van der Waals surface area contributed by atoms with E-state index in [1.54, 1.807) is 4.68 Å². The van der Waals surface area contributed by atoms with Crippen molar-refractivity contribution in [2.24, 2.45) is 13.0 Å². The number of anilines is 2. The SMILES string of the molecule is CC1CN(C)c2ccccc2N(C(=O)c2c3ccc(Br)cc3nn2C)C1. The van der Waals surface area contributed by atoms with E-state index in [9.17, 15) is 4.79 Å². The number of fused-ring (bicyclic) bond motifs is 2. The van der Waals surface area contributed by atoms with Gasteiger partial charge in [-0.2, -0.15) is 5.10 Å². The molecule has 0 radical (unpaired) electrons. The van der Waals surface area contributed by atoms with Gasteiger partial charge >= 0.3 is 0 Å². The molecule has 1 aliphatic rings. The standard InChI is InChI=1S/C20H21BrN4O/c1-13-11-23(2)17-6-4-5-7-18(17)25(12-13)20(26)19-15-9-8-14(21)10-16(15)22-24(19)3/h4-10,13H,11-12H2,1-3H3. The van der Waals surface area contributed by atoms with Gasteiger partial charge in [0.15, 0.2) is 0 Å². The van der Waals surface area contributed by atoms with Crippen LogP contribution in [0.15, 0.2) is 46.9 Å². The maximum absolute atomic E-state index is 13.6. The summed E-state index contributed by atoms with van der Waals surface area (Å²) < 4.78 is 2.65. The Morgan fingerprint density at radius 2 is 1.85 bits per heavy atom. The van der Waals surface area contributed by atoms with Crippen molar-refractivity contribution in [1.82, 2.24) is 9.78 Å². The maximum Gasteiger partial charge on any atom is 0.277 e. The molecule has 0 spiro atoms. The lowest BCUT2D eigenvalue weighted by Gasteiger charge is -2.24. The van der Waals surface area contributed by atoms with Gasteiger partial charge in [0.05, 0.1) is 16.9 Å². The first-order chi connectivity index (χ1) is 12.5. The van der Waals surface area contributed by atoms with Gasteiger partial charge in [-0.15, -0.1) is 0 Å². The number of aromatic nitrogens is 2. The van der Waals surface area contributed by atoms with E-state index in [1.807, 2.05) is 48.3 Å². The van der Waals surface area contributed by atoms with E-state index >= 15 is 0 Å². The van der Waals surface area contributed by atoms with Crippen LogP contribution >= 0.6 is 15.9 Å². The van der Waals surface area contributed by atoms with Crippen LogP contribution in [0.1, 0.15) is 17.4 Å². The first-order valence-electron chi connectivity index (χ1n) is 8.70.